The minimum Gasteiger partial charge on any atom is -0.326 e. The van der Waals surface area contributed by atoms with Crippen molar-refractivity contribution in [2.24, 2.45) is 0 Å². The lowest BCUT2D eigenvalue weighted by atomic mass is 10.3. The molecule has 3 nitrogen and oxygen atoms in total. The Morgan fingerprint density at radius 2 is 2.00 bits per heavy atom. The van der Waals surface area contributed by atoms with Gasteiger partial charge in [0.2, 0.25) is 5.91 Å². The van der Waals surface area contributed by atoms with Gasteiger partial charge in [-0.25, -0.2) is 0 Å². The van der Waals surface area contributed by atoms with Crippen LogP contribution in [0.15, 0.2) is 30.3 Å². The second-order valence-electron chi connectivity index (χ2n) is 3.51. The topological polar surface area (TPSA) is 32.1 Å². The second kappa shape index (κ2) is 4.24. The minimum absolute atomic E-state index is 0.100. The molecule has 1 aromatic rings. The van der Waals surface area contributed by atoms with Crippen LogP contribution in [-0.2, 0) is 4.79 Å². The van der Waals surface area contributed by atoms with Crippen LogP contribution in [0.2, 0.25) is 0 Å². The maximum Gasteiger partial charge on any atom is 0.225 e. The first kappa shape index (κ1) is 9.21. The summed E-state index contributed by atoms with van der Waals surface area (Å²) < 4.78 is 0. The van der Waals surface area contributed by atoms with E-state index in [0.29, 0.717) is 6.42 Å². The number of hydrogen-bond acceptors (Lipinski definition) is 2. The number of amides is 1. The summed E-state index contributed by atoms with van der Waals surface area (Å²) in [5, 5.41) is 2.86. The highest BCUT2D eigenvalue weighted by molar-refractivity contribution is 5.90. The molecule has 0 radical (unpaired) electrons. The molecule has 1 N–H and O–H groups in total. The fourth-order valence-corrected chi connectivity index (χ4v) is 1.30. The molecule has 1 heterocycles. The van der Waals surface area contributed by atoms with Gasteiger partial charge in [-0.05, 0) is 12.1 Å². The van der Waals surface area contributed by atoms with Crippen LogP contribution in [-0.4, -0.2) is 30.4 Å². The smallest absolute Gasteiger partial charge is 0.225 e. The highest BCUT2D eigenvalue weighted by Gasteiger charge is 2.17. The fraction of sp³-hybridized carbons (Fsp3) is 0.364. The number of hydrogen-bond donors (Lipinski definition) is 1. The second-order valence-corrected chi connectivity index (χ2v) is 3.51. The van der Waals surface area contributed by atoms with Crippen molar-refractivity contribution < 1.29 is 4.79 Å². The van der Waals surface area contributed by atoms with Crippen molar-refractivity contribution in [2.75, 3.05) is 25.0 Å². The van der Waals surface area contributed by atoms with Crippen molar-refractivity contribution in [3.63, 3.8) is 0 Å². The lowest BCUT2D eigenvalue weighted by Gasteiger charge is -2.04. The van der Waals surface area contributed by atoms with Crippen LogP contribution >= 0.6 is 0 Å². The molecule has 1 amide bonds. The maximum absolute atomic E-state index is 11.4. The Bertz CT molecular complexity index is 306. The number of benzene rings is 1. The number of anilines is 1. The first-order valence-corrected chi connectivity index (χ1v) is 4.92. The molecule has 0 spiro atoms. The van der Waals surface area contributed by atoms with E-state index in [4.69, 9.17) is 0 Å². The monoisotopic (exact) mass is 190 g/mol. The molecule has 0 aliphatic carbocycles. The summed E-state index contributed by atoms with van der Waals surface area (Å²) in [5.74, 6) is 0.100. The predicted octanol–water partition coefficient (Wildman–Crippen LogP) is 1.33. The lowest BCUT2D eigenvalue weighted by molar-refractivity contribution is -0.116. The van der Waals surface area contributed by atoms with Crippen LogP contribution in [0.3, 0.4) is 0 Å². The summed E-state index contributed by atoms with van der Waals surface area (Å²) in [6.07, 6.45) is 0.592. The lowest BCUT2D eigenvalue weighted by Crippen LogP contribution is -2.15. The van der Waals surface area contributed by atoms with Crippen molar-refractivity contribution in [3.05, 3.63) is 30.3 Å². The van der Waals surface area contributed by atoms with Crippen molar-refractivity contribution in [1.82, 2.24) is 4.90 Å². The standard InChI is InChI=1S/C11H14N2O/c14-11(6-7-13-8-9-13)12-10-4-2-1-3-5-10/h1-5H,6-9H2,(H,12,14). The highest BCUT2D eigenvalue weighted by atomic mass is 16.1. The van der Waals surface area contributed by atoms with Gasteiger partial charge in [-0.2, -0.15) is 0 Å². The van der Waals surface area contributed by atoms with Crippen LogP contribution in [0.4, 0.5) is 5.69 Å². The van der Waals surface area contributed by atoms with Gasteiger partial charge < -0.3 is 10.2 Å². The molecule has 0 unspecified atom stereocenters. The summed E-state index contributed by atoms with van der Waals surface area (Å²) >= 11 is 0. The number of nitrogens with zero attached hydrogens (tertiary/aromatic N) is 1. The zero-order chi connectivity index (χ0) is 9.80. The molecular weight excluding hydrogens is 176 g/mol. The Hall–Kier alpha value is -1.35. The van der Waals surface area contributed by atoms with E-state index in [1.165, 1.54) is 0 Å². The zero-order valence-corrected chi connectivity index (χ0v) is 8.07. The van der Waals surface area contributed by atoms with E-state index in [1.54, 1.807) is 0 Å². The zero-order valence-electron chi connectivity index (χ0n) is 8.07. The summed E-state index contributed by atoms with van der Waals surface area (Å²) in [6.45, 7) is 3.19. The molecule has 1 aliphatic rings. The molecule has 74 valence electrons. The van der Waals surface area contributed by atoms with E-state index in [2.05, 4.69) is 10.2 Å². The fourth-order valence-electron chi connectivity index (χ4n) is 1.30. The van der Waals surface area contributed by atoms with Gasteiger partial charge in [-0.3, -0.25) is 4.79 Å². The van der Waals surface area contributed by atoms with Gasteiger partial charge in [0.1, 0.15) is 0 Å². The Kier molecular flexibility index (Phi) is 2.79. The van der Waals surface area contributed by atoms with Crippen LogP contribution in [0.5, 0.6) is 0 Å². The van der Waals surface area contributed by atoms with E-state index in [-0.39, 0.29) is 5.91 Å². The Morgan fingerprint density at radius 1 is 1.29 bits per heavy atom. The minimum atomic E-state index is 0.100. The molecule has 0 atom stereocenters. The molecule has 1 fully saturated rings. The molecule has 1 saturated heterocycles. The molecule has 2 rings (SSSR count). The summed E-state index contributed by atoms with van der Waals surface area (Å²) in [4.78, 5) is 13.6. The van der Waals surface area contributed by atoms with Crippen molar-refractivity contribution >= 4 is 11.6 Å². The Morgan fingerprint density at radius 3 is 2.64 bits per heavy atom. The largest absolute Gasteiger partial charge is 0.326 e. The third-order valence-corrected chi connectivity index (χ3v) is 2.25. The molecule has 3 heteroatoms. The number of rotatable bonds is 4. The van der Waals surface area contributed by atoms with Crippen LogP contribution < -0.4 is 5.32 Å². The molecule has 0 saturated carbocycles. The summed E-state index contributed by atoms with van der Waals surface area (Å²) in [6, 6.07) is 9.57. The molecule has 1 aliphatic heterocycles. The van der Waals surface area contributed by atoms with Crippen LogP contribution in [0, 0.1) is 0 Å². The average molecular weight is 190 g/mol. The van der Waals surface area contributed by atoms with Gasteiger partial charge in [0.15, 0.2) is 0 Å². The number of nitrogens with one attached hydrogen (secondary N) is 1. The predicted molar refractivity (Wildman–Crippen MR) is 56.1 cm³/mol. The highest BCUT2D eigenvalue weighted by Crippen LogP contribution is 2.07. The van der Waals surface area contributed by atoms with Gasteiger partial charge in [0.05, 0.1) is 0 Å². The van der Waals surface area contributed by atoms with Crippen molar-refractivity contribution in [1.29, 1.82) is 0 Å². The first-order valence-electron chi connectivity index (χ1n) is 4.92. The van der Waals surface area contributed by atoms with Crippen molar-refractivity contribution in [2.45, 2.75) is 6.42 Å². The van der Waals surface area contributed by atoms with Crippen LogP contribution in [0.1, 0.15) is 6.42 Å². The van der Waals surface area contributed by atoms with Crippen molar-refractivity contribution in [3.8, 4) is 0 Å². The number of carbonyl (C=O) groups excluding carboxylic acids is 1. The van der Waals surface area contributed by atoms with E-state index in [9.17, 15) is 4.79 Å². The quantitative estimate of drug-likeness (QED) is 0.726. The normalized spacial score (nSPS) is 15.1. The van der Waals surface area contributed by atoms with Gasteiger partial charge in [0, 0.05) is 31.7 Å². The van der Waals surface area contributed by atoms with Gasteiger partial charge >= 0.3 is 0 Å². The van der Waals surface area contributed by atoms with E-state index >= 15 is 0 Å². The number of carbonyl (C=O) groups is 1. The third-order valence-electron chi connectivity index (χ3n) is 2.25. The molecule has 0 aromatic heterocycles. The Labute approximate surface area is 83.7 Å². The van der Waals surface area contributed by atoms with E-state index < -0.39 is 0 Å². The summed E-state index contributed by atoms with van der Waals surface area (Å²) in [7, 11) is 0. The van der Waals surface area contributed by atoms with E-state index in [0.717, 1.165) is 25.3 Å². The van der Waals surface area contributed by atoms with Gasteiger partial charge in [0.25, 0.3) is 0 Å². The maximum atomic E-state index is 11.4. The van der Waals surface area contributed by atoms with E-state index in [1.807, 2.05) is 30.3 Å². The van der Waals surface area contributed by atoms with Gasteiger partial charge in [-0.1, -0.05) is 18.2 Å². The third kappa shape index (κ3) is 2.85. The average Bonchev–Trinajstić information content (AvgIpc) is 3.00. The van der Waals surface area contributed by atoms with Crippen LogP contribution in [0.25, 0.3) is 0 Å². The first-order chi connectivity index (χ1) is 6.84. The molecular formula is C11H14N2O. The molecule has 0 bridgehead atoms. The SMILES string of the molecule is O=C(CCN1CC1)Nc1ccccc1. The molecule has 1 aromatic carbocycles. The summed E-state index contributed by atoms with van der Waals surface area (Å²) in [5.41, 5.74) is 0.878. The number of para-hydroxylation sites is 1. The molecule has 14 heavy (non-hydrogen) atoms. The van der Waals surface area contributed by atoms with Gasteiger partial charge in [-0.15, -0.1) is 0 Å². The Balaban J connectivity index is 1.76.